The minimum atomic E-state index is -0.401. The normalized spacial score (nSPS) is 21.4. The zero-order valence-corrected chi connectivity index (χ0v) is 16.9. The summed E-state index contributed by atoms with van der Waals surface area (Å²) in [5, 5.41) is 7.70. The number of nitrogens with one attached hydrogen (secondary N) is 1. The zero-order valence-electron chi connectivity index (χ0n) is 16.9. The number of anilines is 1. The second kappa shape index (κ2) is 7.16. The van der Waals surface area contributed by atoms with Crippen LogP contribution in [0.15, 0.2) is 31.2 Å². The summed E-state index contributed by atoms with van der Waals surface area (Å²) >= 11 is 0. The van der Waals surface area contributed by atoms with Crippen LogP contribution in [0, 0.1) is 11.7 Å². The summed E-state index contributed by atoms with van der Waals surface area (Å²) in [6, 6.07) is 1.47. The van der Waals surface area contributed by atoms with Crippen LogP contribution in [-0.2, 0) is 6.54 Å². The number of pyridine rings is 1. The third kappa shape index (κ3) is 3.30. The van der Waals surface area contributed by atoms with Gasteiger partial charge < -0.3 is 19.7 Å². The average Bonchev–Trinajstić information content (AvgIpc) is 3.06. The predicted octanol–water partition coefficient (Wildman–Crippen LogP) is 2.64. The standard InChI is InChI=1S/C21H23FN6O2/c1-12-8-27-9-15-4-16(22)6-24-21(15)30-13(2)5-23-14(3)17-7-25-28-10-18(29-11-12)20(27)26-19(17)28/h4,6-7,10,12-13,23H,3,5,8-9,11H2,1-2H3/t12-,13-/m0/s1. The number of fused-ring (bicyclic) bond motifs is 1. The van der Waals surface area contributed by atoms with Crippen molar-refractivity contribution in [2.24, 2.45) is 5.92 Å². The van der Waals surface area contributed by atoms with Gasteiger partial charge in [0.1, 0.15) is 11.9 Å². The highest BCUT2D eigenvalue weighted by Gasteiger charge is 2.26. The molecule has 0 fully saturated rings. The van der Waals surface area contributed by atoms with E-state index in [0.29, 0.717) is 60.6 Å². The van der Waals surface area contributed by atoms with Gasteiger partial charge in [0.2, 0.25) is 5.88 Å². The molecule has 0 aliphatic carbocycles. The SMILES string of the molecule is C=C1NC[C@H](C)Oc2ncc(F)cc2CN2C[C@H](C)COc3cn4ncc1c4nc32. The second-order valence-electron chi connectivity index (χ2n) is 7.96. The van der Waals surface area contributed by atoms with E-state index in [4.69, 9.17) is 14.5 Å². The second-order valence-corrected chi connectivity index (χ2v) is 7.96. The lowest BCUT2D eigenvalue weighted by atomic mass is 10.1. The van der Waals surface area contributed by atoms with Crippen LogP contribution in [0.5, 0.6) is 11.6 Å². The Hall–Kier alpha value is -3.36. The highest BCUT2D eigenvalue weighted by molar-refractivity contribution is 5.75. The van der Waals surface area contributed by atoms with Gasteiger partial charge in [0.15, 0.2) is 17.2 Å². The van der Waals surface area contributed by atoms with Gasteiger partial charge in [-0.1, -0.05) is 13.5 Å². The number of halogens is 1. The lowest BCUT2D eigenvalue weighted by Gasteiger charge is -2.25. The maximum atomic E-state index is 14.1. The largest absolute Gasteiger partial charge is 0.488 e. The molecule has 2 aliphatic heterocycles. The number of rotatable bonds is 0. The summed E-state index contributed by atoms with van der Waals surface area (Å²) in [4.78, 5) is 11.2. The molecule has 0 saturated heterocycles. The van der Waals surface area contributed by atoms with Crippen molar-refractivity contribution in [3.8, 4) is 11.6 Å². The van der Waals surface area contributed by atoms with Crippen LogP contribution < -0.4 is 19.7 Å². The molecule has 3 aromatic heterocycles. The Labute approximate surface area is 173 Å². The molecular weight excluding hydrogens is 387 g/mol. The van der Waals surface area contributed by atoms with Crippen LogP contribution in [0.1, 0.15) is 25.0 Å². The quantitative estimate of drug-likeness (QED) is 0.611. The van der Waals surface area contributed by atoms with E-state index in [1.807, 2.05) is 13.1 Å². The van der Waals surface area contributed by atoms with Gasteiger partial charge in [0.25, 0.3) is 0 Å². The first-order chi connectivity index (χ1) is 14.5. The monoisotopic (exact) mass is 410 g/mol. The molecular formula is C21H23FN6O2. The molecule has 2 atom stereocenters. The van der Waals surface area contributed by atoms with Crippen LogP contribution in [0.3, 0.4) is 0 Å². The van der Waals surface area contributed by atoms with Gasteiger partial charge >= 0.3 is 0 Å². The highest BCUT2D eigenvalue weighted by atomic mass is 19.1. The Morgan fingerprint density at radius 3 is 3.03 bits per heavy atom. The van der Waals surface area contributed by atoms with E-state index in [-0.39, 0.29) is 12.0 Å². The number of aromatic nitrogens is 4. The van der Waals surface area contributed by atoms with E-state index >= 15 is 0 Å². The summed E-state index contributed by atoms with van der Waals surface area (Å²) in [7, 11) is 0. The Kier molecular flexibility index (Phi) is 4.45. The summed E-state index contributed by atoms with van der Waals surface area (Å²) in [5.41, 5.74) is 2.85. The van der Waals surface area contributed by atoms with E-state index in [2.05, 4.69) is 33.8 Å². The first-order valence-corrected chi connectivity index (χ1v) is 9.98. The first kappa shape index (κ1) is 18.7. The summed E-state index contributed by atoms with van der Waals surface area (Å²) in [6.07, 6.45) is 4.55. The van der Waals surface area contributed by atoms with Crippen molar-refractivity contribution < 1.29 is 13.9 Å². The van der Waals surface area contributed by atoms with Crippen LogP contribution >= 0.6 is 0 Å². The molecule has 0 spiro atoms. The molecule has 156 valence electrons. The van der Waals surface area contributed by atoms with Gasteiger partial charge in [-0.05, 0) is 13.0 Å². The van der Waals surface area contributed by atoms with E-state index < -0.39 is 5.82 Å². The van der Waals surface area contributed by atoms with Crippen LogP contribution in [-0.4, -0.2) is 45.4 Å². The lowest BCUT2D eigenvalue weighted by molar-refractivity contribution is 0.211. The highest BCUT2D eigenvalue weighted by Crippen LogP contribution is 2.34. The third-order valence-corrected chi connectivity index (χ3v) is 5.29. The van der Waals surface area contributed by atoms with Crippen molar-refractivity contribution in [3.05, 3.63) is 48.2 Å². The van der Waals surface area contributed by atoms with E-state index in [1.165, 1.54) is 12.3 Å². The molecule has 30 heavy (non-hydrogen) atoms. The Morgan fingerprint density at radius 1 is 1.30 bits per heavy atom. The smallest absolute Gasteiger partial charge is 0.218 e. The number of nitrogens with zero attached hydrogens (tertiary/aromatic N) is 5. The van der Waals surface area contributed by atoms with E-state index in [0.717, 1.165) is 5.56 Å². The van der Waals surface area contributed by atoms with Gasteiger partial charge in [-0.3, -0.25) is 0 Å². The predicted molar refractivity (Wildman–Crippen MR) is 110 cm³/mol. The molecule has 8 nitrogen and oxygen atoms in total. The topological polar surface area (TPSA) is 76.8 Å². The molecule has 0 amide bonds. The molecule has 0 radical (unpaired) electrons. The number of hydrogen-bond donors (Lipinski definition) is 1. The first-order valence-electron chi connectivity index (χ1n) is 9.98. The van der Waals surface area contributed by atoms with Gasteiger partial charge in [-0.15, -0.1) is 0 Å². The van der Waals surface area contributed by atoms with E-state index in [1.54, 1.807) is 10.7 Å². The van der Waals surface area contributed by atoms with Crippen molar-refractivity contribution in [2.45, 2.75) is 26.5 Å². The number of ether oxygens (including phenoxy) is 2. The van der Waals surface area contributed by atoms with Crippen LogP contribution in [0.2, 0.25) is 0 Å². The molecule has 1 N–H and O–H groups in total. The minimum Gasteiger partial charge on any atom is -0.488 e. The van der Waals surface area contributed by atoms with Crippen LogP contribution in [0.25, 0.3) is 11.3 Å². The molecule has 3 aromatic rings. The summed E-state index contributed by atoms with van der Waals surface area (Å²) in [6.45, 7) is 10.3. The fraction of sp³-hybridized carbons (Fsp3) is 0.381. The molecule has 5 rings (SSSR count). The maximum Gasteiger partial charge on any atom is 0.218 e. The van der Waals surface area contributed by atoms with Crippen LogP contribution in [0.4, 0.5) is 10.2 Å². The zero-order chi connectivity index (χ0) is 20.8. The Morgan fingerprint density at radius 2 is 2.17 bits per heavy atom. The molecule has 0 unspecified atom stereocenters. The molecule has 0 saturated carbocycles. The summed E-state index contributed by atoms with van der Waals surface area (Å²) in [5.74, 6) is 1.59. The van der Waals surface area contributed by atoms with Gasteiger partial charge in [-0.25, -0.2) is 18.9 Å². The van der Waals surface area contributed by atoms with Gasteiger partial charge in [0, 0.05) is 30.3 Å². The van der Waals surface area contributed by atoms with Gasteiger partial charge in [0.05, 0.1) is 37.3 Å². The summed E-state index contributed by atoms with van der Waals surface area (Å²) < 4.78 is 27.8. The van der Waals surface area contributed by atoms with Crippen molar-refractivity contribution in [1.29, 1.82) is 0 Å². The van der Waals surface area contributed by atoms with Crippen molar-refractivity contribution >= 4 is 17.2 Å². The Balaban J connectivity index is 1.70. The fourth-order valence-corrected chi connectivity index (χ4v) is 3.80. The van der Waals surface area contributed by atoms with Crippen molar-refractivity contribution in [3.63, 3.8) is 0 Å². The van der Waals surface area contributed by atoms with Crippen molar-refractivity contribution in [2.75, 3.05) is 24.6 Å². The molecule has 2 aliphatic rings. The molecule has 9 heteroatoms. The maximum absolute atomic E-state index is 14.1. The van der Waals surface area contributed by atoms with Gasteiger partial charge in [-0.2, -0.15) is 5.10 Å². The number of hydrogen-bond acceptors (Lipinski definition) is 7. The molecule has 2 bridgehead atoms. The average molecular weight is 410 g/mol. The van der Waals surface area contributed by atoms with E-state index in [9.17, 15) is 4.39 Å². The molecule has 0 aromatic carbocycles. The fourth-order valence-electron chi connectivity index (χ4n) is 3.80. The lowest BCUT2D eigenvalue weighted by Crippen LogP contribution is -2.30. The third-order valence-electron chi connectivity index (χ3n) is 5.29. The minimum absolute atomic E-state index is 0.205. The Bertz CT molecular complexity index is 1130. The molecule has 5 heterocycles. The van der Waals surface area contributed by atoms with Crippen molar-refractivity contribution in [1.82, 2.24) is 24.9 Å².